The number of benzene rings is 1. The Morgan fingerprint density at radius 1 is 1.21 bits per heavy atom. The van der Waals surface area contributed by atoms with Gasteiger partial charge in [0.2, 0.25) is 0 Å². The van der Waals surface area contributed by atoms with Gasteiger partial charge in [0.25, 0.3) is 0 Å². The van der Waals surface area contributed by atoms with Crippen molar-refractivity contribution in [2.75, 3.05) is 6.54 Å². The number of fused-ring (bicyclic) bond motifs is 1. The highest BCUT2D eigenvalue weighted by atomic mass is 35.5. The summed E-state index contributed by atoms with van der Waals surface area (Å²) in [5.41, 5.74) is 1.86. The van der Waals surface area contributed by atoms with Crippen LogP contribution in [-0.4, -0.2) is 6.54 Å². The second-order valence-corrected chi connectivity index (χ2v) is 5.82. The van der Waals surface area contributed by atoms with Crippen molar-refractivity contribution in [2.24, 2.45) is 0 Å². The molecule has 0 amide bonds. The lowest BCUT2D eigenvalue weighted by Crippen LogP contribution is -2.14. The minimum Gasteiger partial charge on any atom is -0.458 e. The molecule has 0 atom stereocenters. The molecule has 4 heteroatoms. The normalized spacial score (nSPS) is 11.7. The molecule has 104 valence electrons. The van der Waals surface area contributed by atoms with Crippen molar-refractivity contribution >= 4 is 34.2 Å². The molecule has 0 aliphatic rings. The van der Waals surface area contributed by atoms with E-state index >= 15 is 0 Å². The Labute approximate surface area is 124 Å². The summed E-state index contributed by atoms with van der Waals surface area (Å²) in [6.45, 7) is 8.11. The smallest absolute Gasteiger partial charge is 0.154 e. The van der Waals surface area contributed by atoms with Crippen molar-refractivity contribution in [3.63, 3.8) is 0 Å². The maximum absolute atomic E-state index is 6.31. The minimum absolute atomic E-state index is 0.343. The van der Waals surface area contributed by atoms with E-state index in [1.165, 1.54) is 0 Å². The van der Waals surface area contributed by atoms with Gasteiger partial charge in [-0.1, -0.05) is 44.0 Å². The zero-order valence-corrected chi connectivity index (χ0v) is 13.0. The monoisotopic (exact) mass is 299 g/mol. The maximum Gasteiger partial charge on any atom is 0.154 e. The highest BCUT2D eigenvalue weighted by molar-refractivity contribution is 6.40. The van der Waals surface area contributed by atoms with Gasteiger partial charge in [0.1, 0.15) is 5.76 Å². The van der Waals surface area contributed by atoms with E-state index in [9.17, 15) is 0 Å². The van der Waals surface area contributed by atoms with Gasteiger partial charge in [-0.2, -0.15) is 0 Å². The fraction of sp³-hybridized carbons (Fsp3) is 0.467. The van der Waals surface area contributed by atoms with E-state index in [4.69, 9.17) is 27.6 Å². The molecule has 0 aliphatic heterocycles. The average Bonchev–Trinajstić information content (AvgIpc) is 2.75. The Morgan fingerprint density at radius 2 is 1.89 bits per heavy atom. The molecule has 2 rings (SSSR count). The molecule has 2 aromatic rings. The van der Waals surface area contributed by atoms with Crippen molar-refractivity contribution in [2.45, 2.75) is 39.7 Å². The molecule has 19 heavy (non-hydrogen) atoms. The summed E-state index contributed by atoms with van der Waals surface area (Å²) < 4.78 is 5.94. The summed E-state index contributed by atoms with van der Waals surface area (Å²) in [7, 11) is 0. The minimum atomic E-state index is 0.343. The van der Waals surface area contributed by atoms with Crippen LogP contribution in [0.25, 0.3) is 11.0 Å². The number of nitrogens with one attached hydrogen (secondary N) is 1. The molecule has 0 saturated heterocycles. The molecular weight excluding hydrogens is 281 g/mol. The molecule has 0 radical (unpaired) electrons. The first-order chi connectivity index (χ1) is 9.06. The molecule has 1 aromatic carbocycles. The SMILES string of the molecule is CCCNCc1oc2c(Cl)ccc(Cl)c2c1C(C)C. The third kappa shape index (κ3) is 2.91. The molecule has 0 spiro atoms. The highest BCUT2D eigenvalue weighted by Gasteiger charge is 2.20. The summed E-state index contributed by atoms with van der Waals surface area (Å²) in [6.07, 6.45) is 1.10. The number of hydrogen-bond acceptors (Lipinski definition) is 2. The fourth-order valence-corrected chi connectivity index (χ4v) is 2.77. The van der Waals surface area contributed by atoms with Gasteiger partial charge in [-0.05, 0) is 31.0 Å². The van der Waals surface area contributed by atoms with Gasteiger partial charge in [0.05, 0.1) is 16.6 Å². The summed E-state index contributed by atoms with van der Waals surface area (Å²) in [5, 5.41) is 5.64. The topological polar surface area (TPSA) is 25.2 Å². The molecular formula is C15H19Cl2NO. The summed E-state index contributed by atoms with van der Waals surface area (Å²) in [6, 6.07) is 3.61. The Hall–Kier alpha value is -0.700. The van der Waals surface area contributed by atoms with Crippen LogP contribution >= 0.6 is 23.2 Å². The van der Waals surface area contributed by atoms with E-state index in [1.807, 2.05) is 6.07 Å². The van der Waals surface area contributed by atoms with Gasteiger partial charge >= 0.3 is 0 Å². The van der Waals surface area contributed by atoms with Gasteiger partial charge in [0.15, 0.2) is 5.58 Å². The quantitative estimate of drug-likeness (QED) is 0.752. The van der Waals surface area contributed by atoms with Crippen LogP contribution in [0.15, 0.2) is 16.5 Å². The summed E-state index contributed by atoms with van der Waals surface area (Å²) in [5.74, 6) is 1.28. The predicted molar refractivity (Wildman–Crippen MR) is 82.3 cm³/mol. The summed E-state index contributed by atoms with van der Waals surface area (Å²) >= 11 is 12.5. The first-order valence-corrected chi connectivity index (χ1v) is 7.41. The first kappa shape index (κ1) is 14.7. The Balaban J connectivity index is 2.54. The van der Waals surface area contributed by atoms with Gasteiger partial charge in [0, 0.05) is 10.9 Å². The second-order valence-electron chi connectivity index (χ2n) is 5.00. The lowest BCUT2D eigenvalue weighted by Gasteiger charge is -2.08. The summed E-state index contributed by atoms with van der Waals surface area (Å²) in [4.78, 5) is 0. The molecule has 2 nitrogen and oxygen atoms in total. The van der Waals surface area contributed by atoms with E-state index in [1.54, 1.807) is 6.07 Å². The first-order valence-electron chi connectivity index (χ1n) is 6.66. The molecule has 0 fully saturated rings. The van der Waals surface area contributed by atoms with E-state index < -0.39 is 0 Å². The van der Waals surface area contributed by atoms with Gasteiger partial charge in [-0.15, -0.1) is 0 Å². The van der Waals surface area contributed by atoms with Crippen molar-refractivity contribution in [1.29, 1.82) is 0 Å². The van der Waals surface area contributed by atoms with E-state index in [0.717, 1.165) is 29.7 Å². The lowest BCUT2D eigenvalue weighted by atomic mass is 9.99. The van der Waals surface area contributed by atoms with Crippen molar-refractivity contribution in [3.8, 4) is 0 Å². The molecule has 1 heterocycles. The van der Waals surface area contributed by atoms with Crippen LogP contribution in [-0.2, 0) is 6.54 Å². The van der Waals surface area contributed by atoms with Crippen molar-refractivity contribution in [1.82, 2.24) is 5.32 Å². The van der Waals surface area contributed by atoms with Crippen molar-refractivity contribution < 1.29 is 4.42 Å². The molecule has 0 saturated carbocycles. The molecule has 1 aromatic heterocycles. The zero-order valence-electron chi connectivity index (χ0n) is 11.5. The van der Waals surface area contributed by atoms with E-state index in [0.29, 0.717) is 28.1 Å². The average molecular weight is 300 g/mol. The molecule has 0 aliphatic carbocycles. The highest BCUT2D eigenvalue weighted by Crippen LogP contribution is 2.39. The van der Waals surface area contributed by atoms with Crippen LogP contribution < -0.4 is 5.32 Å². The number of hydrogen-bond donors (Lipinski definition) is 1. The predicted octanol–water partition coefficient (Wildman–Crippen LogP) is 5.36. The third-order valence-corrected chi connectivity index (χ3v) is 3.76. The standard InChI is InChI=1S/C15H19Cl2NO/c1-4-7-18-8-12-13(9(2)3)14-10(16)5-6-11(17)15(14)19-12/h5-6,9,18H,4,7-8H2,1-3H3. The van der Waals surface area contributed by atoms with Gasteiger partial charge < -0.3 is 9.73 Å². The second kappa shape index (κ2) is 6.17. The van der Waals surface area contributed by atoms with Crippen LogP contribution in [0.3, 0.4) is 0 Å². The Bertz CT molecular complexity index is 575. The lowest BCUT2D eigenvalue weighted by molar-refractivity contribution is 0.504. The van der Waals surface area contributed by atoms with Crippen molar-refractivity contribution in [3.05, 3.63) is 33.5 Å². The van der Waals surface area contributed by atoms with Crippen LogP contribution in [0.1, 0.15) is 44.4 Å². The largest absolute Gasteiger partial charge is 0.458 e. The molecule has 1 N–H and O–H groups in total. The molecule has 0 unspecified atom stereocenters. The Kier molecular flexibility index (Phi) is 4.77. The Morgan fingerprint density at radius 3 is 2.53 bits per heavy atom. The van der Waals surface area contributed by atoms with Gasteiger partial charge in [-0.25, -0.2) is 0 Å². The van der Waals surface area contributed by atoms with Crippen LogP contribution in [0.5, 0.6) is 0 Å². The third-order valence-electron chi connectivity index (χ3n) is 3.14. The molecule has 0 bridgehead atoms. The van der Waals surface area contributed by atoms with E-state index in [2.05, 4.69) is 26.1 Å². The van der Waals surface area contributed by atoms with Crippen LogP contribution in [0.2, 0.25) is 10.0 Å². The van der Waals surface area contributed by atoms with E-state index in [-0.39, 0.29) is 0 Å². The number of halogens is 2. The van der Waals surface area contributed by atoms with Crippen LogP contribution in [0, 0.1) is 0 Å². The van der Waals surface area contributed by atoms with Gasteiger partial charge in [-0.3, -0.25) is 0 Å². The number of rotatable bonds is 5. The maximum atomic E-state index is 6.31. The van der Waals surface area contributed by atoms with Crippen LogP contribution in [0.4, 0.5) is 0 Å². The zero-order chi connectivity index (χ0) is 14.0. The fourth-order valence-electron chi connectivity index (χ4n) is 2.32. The number of furan rings is 1.